The number of aryl methyl sites for hydroxylation is 2. The fourth-order valence-electron chi connectivity index (χ4n) is 1.64. The molecule has 0 bridgehead atoms. The van der Waals surface area contributed by atoms with Gasteiger partial charge in [-0.1, -0.05) is 0 Å². The van der Waals surface area contributed by atoms with Crippen molar-refractivity contribution in [2.45, 2.75) is 20.4 Å². The van der Waals surface area contributed by atoms with Crippen molar-refractivity contribution in [3.63, 3.8) is 0 Å². The topological polar surface area (TPSA) is 43.8 Å². The van der Waals surface area contributed by atoms with Gasteiger partial charge in [0, 0.05) is 18.3 Å². The van der Waals surface area contributed by atoms with Crippen molar-refractivity contribution in [1.29, 1.82) is 0 Å². The van der Waals surface area contributed by atoms with Gasteiger partial charge in [-0.05, 0) is 31.5 Å². The molecule has 17 heavy (non-hydrogen) atoms. The van der Waals surface area contributed by atoms with Crippen LogP contribution in [-0.4, -0.2) is 9.78 Å². The van der Waals surface area contributed by atoms with Gasteiger partial charge in [-0.25, -0.2) is 8.78 Å². The summed E-state index contributed by atoms with van der Waals surface area (Å²) in [5, 5.41) is 4.12. The van der Waals surface area contributed by atoms with Crippen LogP contribution in [0.2, 0.25) is 0 Å². The van der Waals surface area contributed by atoms with Crippen molar-refractivity contribution in [3.05, 3.63) is 35.5 Å². The molecule has 2 aromatic rings. The molecule has 0 spiro atoms. The highest BCUT2D eigenvalue weighted by Gasteiger charge is 2.15. The largest absolute Gasteiger partial charge is 0.396 e. The van der Waals surface area contributed by atoms with Crippen molar-refractivity contribution in [2.24, 2.45) is 0 Å². The summed E-state index contributed by atoms with van der Waals surface area (Å²) < 4.78 is 28.7. The molecule has 0 aliphatic heterocycles. The van der Waals surface area contributed by atoms with E-state index in [4.69, 9.17) is 5.73 Å². The maximum absolute atomic E-state index is 13.7. The predicted molar refractivity (Wildman–Crippen MR) is 62.4 cm³/mol. The van der Waals surface area contributed by atoms with E-state index in [-0.39, 0.29) is 16.8 Å². The Labute approximate surface area is 97.9 Å². The molecule has 3 nitrogen and oxygen atoms in total. The second-order valence-electron chi connectivity index (χ2n) is 3.87. The number of aromatic nitrogens is 2. The van der Waals surface area contributed by atoms with Crippen molar-refractivity contribution in [2.75, 3.05) is 5.73 Å². The summed E-state index contributed by atoms with van der Waals surface area (Å²) in [5.41, 5.74) is 6.71. The number of nitrogens with two attached hydrogens (primary N) is 1. The molecule has 0 unspecified atom stereocenters. The van der Waals surface area contributed by atoms with Crippen LogP contribution in [0.3, 0.4) is 0 Å². The number of anilines is 1. The first-order valence-corrected chi connectivity index (χ1v) is 5.32. The Morgan fingerprint density at radius 1 is 1.29 bits per heavy atom. The molecule has 0 aliphatic rings. The summed E-state index contributed by atoms with van der Waals surface area (Å²) in [6, 6.07) is 2.28. The number of rotatable bonds is 2. The summed E-state index contributed by atoms with van der Waals surface area (Å²) in [5.74, 6) is -0.983. The molecule has 90 valence electrons. The van der Waals surface area contributed by atoms with Crippen LogP contribution in [0.25, 0.3) is 11.3 Å². The zero-order valence-electron chi connectivity index (χ0n) is 9.67. The molecule has 1 aromatic heterocycles. The van der Waals surface area contributed by atoms with Crippen molar-refractivity contribution >= 4 is 5.69 Å². The van der Waals surface area contributed by atoms with Gasteiger partial charge in [0.05, 0.1) is 5.69 Å². The fraction of sp³-hybridized carbons (Fsp3) is 0.250. The molecule has 5 heteroatoms. The highest BCUT2D eigenvalue weighted by atomic mass is 19.1. The van der Waals surface area contributed by atoms with E-state index in [1.165, 1.54) is 6.92 Å². The Morgan fingerprint density at radius 3 is 2.59 bits per heavy atom. The molecule has 0 saturated carbocycles. The third-order valence-corrected chi connectivity index (χ3v) is 2.62. The van der Waals surface area contributed by atoms with Gasteiger partial charge in [-0.3, -0.25) is 4.68 Å². The Hall–Kier alpha value is -1.91. The van der Waals surface area contributed by atoms with E-state index in [1.54, 1.807) is 10.9 Å². The Kier molecular flexibility index (Phi) is 2.83. The number of nitrogens with zero attached hydrogens (tertiary/aromatic N) is 2. The highest BCUT2D eigenvalue weighted by Crippen LogP contribution is 2.28. The van der Waals surface area contributed by atoms with Crippen LogP contribution in [0.4, 0.5) is 14.5 Å². The van der Waals surface area contributed by atoms with Gasteiger partial charge < -0.3 is 5.73 Å². The molecule has 0 radical (unpaired) electrons. The van der Waals surface area contributed by atoms with Gasteiger partial charge in [0.2, 0.25) is 0 Å². The van der Waals surface area contributed by atoms with Crippen molar-refractivity contribution in [1.82, 2.24) is 9.78 Å². The second kappa shape index (κ2) is 4.16. The molecule has 0 amide bonds. The first kappa shape index (κ1) is 11.6. The highest BCUT2D eigenvalue weighted by molar-refractivity contribution is 5.72. The molecule has 0 saturated heterocycles. The third-order valence-electron chi connectivity index (χ3n) is 2.62. The maximum Gasteiger partial charge on any atom is 0.133 e. The first-order chi connectivity index (χ1) is 8.02. The van der Waals surface area contributed by atoms with Gasteiger partial charge in [0.15, 0.2) is 0 Å². The molecule has 2 rings (SSSR count). The van der Waals surface area contributed by atoms with Crippen LogP contribution in [0, 0.1) is 18.6 Å². The normalized spacial score (nSPS) is 10.8. The minimum Gasteiger partial charge on any atom is -0.396 e. The van der Waals surface area contributed by atoms with Crippen LogP contribution in [0.15, 0.2) is 18.3 Å². The van der Waals surface area contributed by atoms with E-state index in [9.17, 15) is 8.78 Å². The standard InChI is InChI=1S/C12H13F2N3/c1-3-17-6-11(15)12(16-17)8-5-9(13)7(2)4-10(8)14/h4-6H,3,15H2,1-2H3. The van der Waals surface area contributed by atoms with Crippen LogP contribution in [0.5, 0.6) is 0 Å². The third kappa shape index (κ3) is 2.00. The van der Waals surface area contributed by atoms with Gasteiger partial charge in [0.25, 0.3) is 0 Å². The van der Waals surface area contributed by atoms with E-state index in [0.717, 1.165) is 12.1 Å². The second-order valence-corrected chi connectivity index (χ2v) is 3.87. The van der Waals surface area contributed by atoms with E-state index < -0.39 is 11.6 Å². The Morgan fingerprint density at radius 2 is 2.00 bits per heavy atom. The molecule has 1 aromatic carbocycles. The molecular weight excluding hydrogens is 224 g/mol. The summed E-state index contributed by atoms with van der Waals surface area (Å²) >= 11 is 0. The van der Waals surface area contributed by atoms with Crippen LogP contribution in [0.1, 0.15) is 12.5 Å². The Bertz CT molecular complexity index is 561. The molecule has 2 N–H and O–H groups in total. The van der Waals surface area contributed by atoms with Crippen LogP contribution >= 0.6 is 0 Å². The molecule has 0 atom stereocenters. The van der Waals surface area contributed by atoms with Gasteiger partial charge in [-0.15, -0.1) is 0 Å². The van der Waals surface area contributed by atoms with E-state index >= 15 is 0 Å². The molecule has 1 heterocycles. The van der Waals surface area contributed by atoms with E-state index in [2.05, 4.69) is 5.10 Å². The number of hydrogen-bond donors (Lipinski definition) is 1. The average molecular weight is 237 g/mol. The summed E-state index contributed by atoms with van der Waals surface area (Å²) in [6.07, 6.45) is 1.60. The van der Waals surface area contributed by atoms with Crippen molar-refractivity contribution in [3.8, 4) is 11.3 Å². The fourth-order valence-corrected chi connectivity index (χ4v) is 1.64. The number of benzene rings is 1. The molecule has 0 fully saturated rings. The lowest BCUT2D eigenvalue weighted by Gasteiger charge is -2.03. The number of hydrogen-bond acceptors (Lipinski definition) is 2. The lowest BCUT2D eigenvalue weighted by molar-refractivity contribution is 0.593. The summed E-state index contributed by atoms with van der Waals surface area (Å²) in [4.78, 5) is 0. The monoisotopic (exact) mass is 237 g/mol. The van der Waals surface area contributed by atoms with Crippen LogP contribution in [-0.2, 0) is 6.54 Å². The smallest absolute Gasteiger partial charge is 0.133 e. The van der Waals surface area contributed by atoms with E-state index in [1.807, 2.05) is 6.92 Å². The quantitative estimate of drug-likeness (QED) is 0.872. The number of nitrogen functional groups attached to an aromatic ring is 1. The van der Waals surface area contributed by atoms with Gasteiger partial charge in [-0.2, -0.15) is 5.10 Å². The predicted octanol–water partition coefficient (Wildman–Crippen LogP) is 2.74. The van der Waals surface area contributed by atoms with Gasteiger partial charge >= 0.3 is 0 Å². The molecular formula is C12H13F2N3. The summed E-state index contributed by atoms with van der Waals surface area (Å²) in [7, 11) is 0. The minimum absolute atomic E-state index is 0.0952. The van der Waals surface area contributed by atoms with Gasteiger partial charge in [0.1, 0.15) is 17.3 Å². The minimum atomic E-state index is -0.517. The van der Waals surface area contributed by atoms with Crippen LogP contribution < -0.4 is 5.73 Å². The lowest BCUT2D eigenvalue weighted by atomic mass is 10.1. The van der Waals surface area contributed by atoms with Crippen molar-refractivity contribution < 1.29 is 8.78 Å². The first-order valence-electron chi connectivity index (χ1n) is 5.32. The summed E-state index contributed by atoms with van der Waals surface area (Å²) in [6.45, 7) is 4.03. The zero-order valence-corrected chi connectivity index (χ0v) is 9.67. The lowest BCUT2D eigenvalue weighted by Crippen LogP contribution is -1.96. The van der Waals surface area contributed by atoms with E-state index in [0.29, 0.717) is 12.2 Å². The molecule has 0 aliphatic carbocycles. The zero-order chi connectivity index (χ0) is 12.6. The average Bonchev–Trinajstić information content (AvgIpc) is 2.65. The Balaban J connectivity index is 2.59. The number of halogens is 2. The SMILES string of the molecule is CCn1cc(N)c(-c2cc(F)c(C)cc2F)n1. The maximum atomic E-state index is 13.7.